The number of hydrogen-bond acceptors (Lipinski definition) is 9. The molecule has 0 aromatic heterocycles. The van der Waals surface area contributed by atoms with Crippen LogP contribution in [0.4, 0.5) is 10.5 Å². The molecule has 2 aliphatic rings. The van der Waals surface area contributed by atoms with E-state index >= 15 is 0 Å². The smallest absolute Gasteiger partial charge is 0.407 e. The largest absolute Gasteiger partial charge is 0.443 e. The van der Waals surface area contributed by atoms with Crippen molar-refractivity contribution in [2.75, 3.05) is 32.0 Å². The number of nitrogen functional groups attached to an aromatic ring is 1. The van der Waals surface area contributed by atoms with Gasteiger partial charge in [0, 0.05) is 18.8 Å². The number of amides is 1. The van der Waals surface area contributed by atoms with Crippen LogP contribution in [0.15, 0.2) is 89.8 Å². The maximum Gasteiger partial charge on any atom is 0.407 e. The van der Waals surface area contributed by atoms with E-state index in [9.17, 15) is 18.3 Å². The van der Waals surface area contributed by atoms with Crippen molar-refractivity contribution >= 4 is 21.8 Å². The Morgan fingerprint density at radius 3 is 2.17 bits per heavy atom. The molecule has 2 aliphatic heterocycles. The predicted octanol–water partition coefficient (Wildman–Crippen LogP) is 3.57. The van der Waals surface area contributed by atoms with E-state index in [4.69, 9.17) is 24.7 Å². The molecule has 3 aromatic rings. The maximum atomic E-state index is 13.7. The molecule has 0 bridgehead atoms. The molecule has 5 rings (SSSR count). The van der Waals surface area contributed by atoms with Crippen LogP contribution in [-0.2, 0) is 42.0 Å². The molecule has 0 spiro atoms. The molecule has 1 amide bonds. The average molecular weight is 654 g/mol. The standard InChI is InChI=1S/C34H43N3O8S/c1-23(2)18-37(46(40,41)27-15-13-26(35)14-16-27)19-29(38)28(17-24-9-5-3-6-10-24)36-34(39)45-31-22-44-33-32(31)30(21-43-33)42-20-25-11-7-4-8-12-25/h3-16,23,28-33,38H,17-22,35H2,1-2H3,(H,36,39). The van der Waals surface area contributed by atoms with E-state index < -0.39 is 40.7 Å². The number of anilines is 1. The summed E-state index contributed by atoms with van der Waals surface area (Å²) in [7, 11) is -3.97. The van der Waals surface area contributed by atoms with E-state index in [1.165, 1.54) is 28.6 Å². The Balaban J connectivity index is 1.28. The number of rotatable bonds is 14. The van der Waals surface area contributed by atoms with Crippen molar-refractivity contribution in [1.29, 1.82) is 0 Å². The van der Waals surface area contributed by atoms with Crippen LogP contribution >= 0.6 is 0 Å². The van der Waals surface area contributed by atoms with Crippen molar-refractivity contribution in [3.63, 3.8) is 0 Å². The molecule has 6 unspecified atom stereocenters. The third-order valence-electron chi connectivity index (χ3n) is 8.13. The van der Waals surface area contributed by atoms with Gasteiger partial charge in [0.05, 0.1) is 48.9 Å². The molecule has 11 nitrogen and oxygen atoms in total. The normalized spacial score (nSPS) is 22.5. The number of aliphatic hydroxyl groups is 1. The SMILES string of the molecule is CC(C)CN(CC(O)C(Cc1ccccc1)NC(=O)OC1COC2OCC(OCc3ccccc3)C12)S(=O)(=O)c1ccc(N)cc1. The second-order valence-corrected chi connectivity index (χ2v) is 14.1. The zero-order valence-electron chi connectivity index (χ0n) is 26.1. The summed E-state index contributed by atoms with van der Waals surface area (Å²) >= 11 is 0. The fraction of sp³-hybridized carbons (Fsp3) is 0.441. The topological polar surface area (TPSA) is 150 Å². The van der Waals surface area contributed by atoms with Gasteiger partial charge < -0.3 is 35.1 Å². The fourth-order valence-corrected chi connectivity index (χ4v) is 7.41. The highest BCUT2D eigenvalue weighted by Gasteiger charge is 2.50. The van der Waals surface area contributed by atoms with Gasteiger partial charge in [-0.05, 0) is 47.7 Å². The summed E-state index contributed by atoms with van der Waals surface area (Å²) < 4.78 is 52.1. The summed E-state index contributed by atoms with van der Waals surface area (Å²) in [5.41, 5.74) is 8.09. The molecule has 4 N–H and O–H groups in total. The third-order valence-corrected chi connectivity index (χ3v) is 9.98. The van der Waals surface area contributed by atoms with Gasteiger partial charge in [0.15, 0.2) is 6.29 Å². The first-order valence-electron chi connectivity index (χ1n) is 15.5. The predicted molar refractivity (Wildman–Crippen MR) is 172 cm³/mol. The highest BCUT2D eigenvalue weighted by molar-refractivity contribution is 7.89. The van der Waals surface area contributed by atoms with E-state index in [1.54, 1.807) is 0 Å². The van der Waals surface area contributed by atoms with E-state index in [-0.39, 0.29) is 49.0 Å². The Morgan fingerprint density at radius 2 is 1.54 bits per heavy atom. The van der Waals surface area contributed by atoms with Gasteiger partial charge in [-0.2, -0.15) is 4.31 Å². The molecule has 46 heavy (non-hydrogen) atoms. The Morgan fingerprint density at radius 1 is 0.935 bits per heavy atom. The van der Waals surface area contributed by atoms with E-state index in [0.29, 0.717) is 18.9 Å². The highest BCUT2D eigenvalue weighted by Crippen LogP contribution is 2.35. The number of nitrogens with zero attached hydrogens (tertiary/aromatic N) is 1. The summed E-state index contributed by atoms with van der Waals surface area (Å²) in [6, 6.07) is 24.2. The molecule has 0 aliphatic carbocycles. The molecule has 0 saturated carbocycles. The van der Waals surface area contributed by atoms with Gasteiger partial charge in [-0.15, -0.1) is 0 Å². The molecule has 0 radical (unpaired) electrons. The first kappa shape index (κ1) is 33.8. The first-order valence-corrected chi connectivity index (χ1v) is 17.0. The van der Waals surface area contributed by atoms with Crippen molar-refractivity contribution in [3.05, 3.63) is 96.1 Å². The minimum atomic E-state index is -3.97. The van der Waals surface area contributed by atoms with Crippen molar-refractivity contribution in [1.82, 2.24) is 9.62 Å². The van der Waals surface area contributed by atoms with Crippen LogP contribution in [0.2, 0.25) is 0 Å². The molecule has 2 saturated heterocycles. The Labute approximate surface area is 270 Å². The fourth-order valence-electron chi connectivity index (χ4n) is 5.79. The molecular formula is C34H43N3O8S. The maximum absolute atomic E-state index is 13.7. The van der Waals surface area contributed by atoms with Crippen LogP contribution in [0.5, 0.6) is 0 Å². The summed E-state index contributed by atoms with van der Waals surface area (Å²) in [5.74, 6) is -0.346. The van der Waals surface area contributed by atoms with Gasteiger partial charge >= 0.3 is 6.09 Å². The summed E-state index contributed by atoms with van der Waals surface area (Å²) in [6.07, 6.45) is -3.29. The third kappa shape index (κ3) is 8.64. The number of hydrogen-bond donors (Lipinski definition) is 3. The molecule has 3 aromatic carbocycles. The van der Waals surface area contributed by atoms with Crippen LogP contribution in [0, 0.1) is 11.8 Å². The van der Waals surface area contributed by atoms with Crippen LogP contribution in [-0.4, -0.2) is 80.9 Å². The molecule has 6 atom stereocenters. The highest BCUT2D eigenvalue weighted by atomic mass is 32.2. The van der Waals surface area contributed by atoms with Gasteiger partial charge in [0.25, 0.3) is 0 Å². The van der Waals surface area contributed by atoms with Gasteiger partial charge in [0.2, 0.25) is 10.0 Å². The second-order valence-electron chi connectivity index (χ2n) is 12.2. The van der Waals surface area contributed by atoms with Crippen molar-refractivity contribution in [2.45, 2.75) is 62.4 Å². The van der Waals surface area contributed by atoms with Crippen molar-refractivity contribution in [3.8, 4) is 0 Å². The van der Waals surface area contributed by atoms with E-state index in [1.807, 2.05) is 74.5 Å². The molecule has 12 heteroatoms. The lowest BCUT2D eigenvalue weighted by atomic mass is 10.00. The molecule has 2 heterocycles. The Bertz CT molecular complexity index is 1510. The number of carbonyl (C=O) groups is 1. The number of alkyl carbamates (subject to hydrolysis) is 1. The molecular weight excluding hydrogens is 610 g/mol. The Hall–Kier alpha value is -3.52. The summed E-state index contributed by atoms with van der Waals surface area (Å²) in [5, 5.41) is 14.3. The second kappa shape index (κ2) is 15.4. The van der Waals surface area contributed by atoms with E-state index in [0.717, 1.165) is 11.1 Å². The quantitative estimate of drug-likeness (QED) is 0.222. The summed E-state index contributed by atoms with van der Waals surface area (Å²) in [4.78, 5) is 13.4. The zero-order chi connectivity index (χ0) is 32.7. The number of benzene rings is 3. The molecule has 2 fully saturated rings. The number of nitrogens with two attached hydrogens (primary N) is 1. The minimum absolute atomic E-state index is 0.0257. The van der Waals surface area contributed by atoms with Gasteiger partial charge in [-0.3, -0.25) is 0 Å². The average Bonchev–Trinajstić information content (AvgIpc) is 3.63. The van der Waals surface area contributed by atoms with Gasteiger partial charge in [-0.25, -0.2) is 13.2 Å². The number of sulfonamides is 1. The number of ether oxygens (including phenoxy) is 4. The number of fused-ring (bicyclic) bond motifs is 1. The number of carbonyl (C=O) groups excluding carboxylic acids is 1. The monoisotopic (exact) mass is 653 g/mol. The van der Waals surface area contributed by atoms with E-state index in [2.05, 4.69) is 5.32 Å². The summed E-state index contributed by atoms with van der Waals surface area (Å²) in [6.45, 7) is 4.55. The zero-order valence-corrected chi connectivity index (χ0v) is 26.9. The van der Waals surface area contributed by atoms with Gasteiger partial charge in [-0.1, -0.05) is 74.5 Å². The van der Waals surface area contributed by atoms with Crippen molar-refractivity contribution < 1.29 is 37.3 Å². The van der Waals surface area contributed by atoms with Crippen LogP contribution in [0.3, 0.4) is 0 Å². The van der Waals surface area contributed by atoms with Crippen LogP contribution in [0.25, 0.3) is 0 Å². The van der Waals surface area contributed by atoms with Crippen LogP contribution in [0.1, 0.15) is 25.0 Å². The lowest BCUT2D eigenvalue weighted by Gasteiger charge is -2.31. The van der Waals surface area contributed by atoms with Crippen LogP contribution < -0.4 is 11.1 Å². The number of nitrogens with one attached hydrogen (secondary N) is 1. The molecule has 248 valence electrons. The Kier molecular flexibility index (Phi) is 11.3. The number of aliphatic hydroxyl groups excluding tert-OH is 1. The minimum Gasteiger partial charge on any atom is -0.443 e. The van der Waals surface area contributed by atoms with Gasteiger partial charge in [0.1, 0.15) is 6.10 Å². The lowest BCUT2D eigenvalue weighted by Crippen LogP contribution is -2.52. The first-order chi connectivity index (χ1) is 22.1. The lowest BCUT2D eigenvalue weighted by molar-refractivity contribution is -0.0916. The van der Waals surface area contributed by atoms with Crippen molar-refractivity contribution in [2.24, 2.45) is 11.8 Å².